The molecule has 78 valence electrons. The summed E-state index contributed by atoms with van der Waals surface area (Å²) >= 11 is 0. The molecule has 2 rings (SSSR count). The molecule has 1 saturated carbocycles. The molecule has 0 atom stereocenters. The summed E-state index contributed by atoms with van der Waals surface area (Å²) in [5.74, 6) is -3.17. The maximum atomic E-state index is 13.4. The Labute approximate surface area is 85.1 Å². The molecule has 1 nitrogen and oxygen atoms in total. The molecule has 4 heteroatoms. The van der Waals surface area contributed by atoms with Crippen LogP contribution in [0.1, 0.15) is 24.8 Å². The van der Waals surface area contributed by atoms with Crippen molar-refractivity contribution in [3.63, 3.8) is 0 Å². The molecule has 0 saturated heterocycles. The second kappa shape index (κ2) is 3.27. The van der Waals surface area contributed by atoms with Crippen molar-refractivity contribution in [2.45, 2.75) is 24.7 Å². The summed E-state index contributed by atoms with van der Waals surface area (Å²) in [6.07, 6.45) is 1.52. The Morgan fingerprint density at radius 1 is 1.13 bits per heavy atom. The molecule has 0 unspecified atom stereocenters. The van der Waals surface area contributed by atoms with Crippen LogP contribution < -0.4 is 0 Å². The first-order valence-electron chi connectivity index (χ1n) is 4.66. The number of benzene rings is 1. The van der Waals surface area contributed by atoms with Gasteiger partial charge in [-0.15, -0.1) is 0 Å². The predicted octanol–water partition coefficient (Wildman–Crippen LogP) is 3.05. The molecular formula is C11H8F3N. The third kappa shape index (κ3) is 1.30. The van der Waals surface area contributed by atoms with Gasteiger partial charge in [-0.1, -0.05) is 0 Å². The van der Waals surface area contributed by atoms with Gasteiger partial charge in [-0.2, -0.15) is 5.26 Å². The van der Waals surface area contributed by atoms with Crippen molar-refractivity contribution in [1.29, 1.82) is 5.26 Å². The summed E-state index contributed by atoms with van der Waals surface area (Å²) < 4.78 is 39.7. The second-order valence-electron chi connectivity index (χ2n) is 3.77. The van der Waals surface area contributed by atoms with Crippen LogP contribution in [0.5, 0.6) is 0 Å². The van der Waals surface area contributed by atoms with Crippen molar-refractivity contribution >= 4 is 0 Å². The molecule has 15 heavy (non-hydrogen) atoms. The molecule has 0 aliphatic heterocycles. The summed E-state index contributed by atoms with van der Waals surface area (Å²) in [7, 11) is 0. The molecule has 0 spiro atoms. The Bertz CT molecular complexity index is 444. The van der Waals surface area contributed by atoms with Gasteiger partial charge in [0.1, 0.15) is 5.82 Å². The Balaban J connectivity index is 2.62. The van der Waals surface area contributed by atoms with Crippen molar-refractivity contribution in [3.8, 4) is 6.07 Å². The molecule has 1 fully saturated rings. The van der Waals surface area contributed by atoms with Gasteiger partial charge in [0.2, 0.25) is 0 Å². The molecule has 1 aromatic carbocycles. The van der Waals surface area contributed by atoms with Crippen LogP contribution in [0.15, 0.2) is 12.1 Å². The Morgan fingerprint density at radius 3 is 2.20 bits per heavy atom. The highest BCUT2D eigenvalue weighted by atomic mass is 19.2. The fraction of sp³-hybridized carbons (Fsp3) is 0.364. The molecular weight excluding hydrogens is 203 g/mol. The normalized spacial score (nSPS) is 18.0. The van der Waals surface area contributed by atoms with Crippen LogP contribution in [-0.4, -0.2) is 0 Å². The van der Waals surface area contributed by atoms with E-state index in [9.17, 15) is 13.2 Å². The SMILES string of the molecule is N#CC1(c2c(F)ccc(F)c2F)CCC1. The van der Waals surface area contributed by atoms with Gasteiger partial charge in [0.15, 0.2) is 11.6 Å². The highest BCUT2D eigenvalue weighted by Crippen LogP contribution is 2.45. The van der Waals surface area contributed by atoms with E-state index in [1.54, 1.807) is 0 Å². The number of rotatable bonds is 1. The van der Waals surface area contributed by atoms with Crippen LogP contribution in [0.2, 0.25) is 0 Å². The molecule has 0 aromatic heterocycles. The van der Waals surface area contributed by atoms with Crippen LogP contribution >= 0.6 is 0 Å². The Hall–Kier alpha value is -1.50. The van der Waals surface area contributed by atoms with E-state index in [0.29, 0.717) is 12.8 Å². The van der Waals surface area contributed by atoms with Crippen LogP contribution in [-0.2, 0) is 5.41 Å². The second-order valence-corrected chi connectivity index (χ2v) is 3.77. The fourth-order valence-electron chi connectivity index (χ4n) is 1.91. The first-order valence-corrected chi connectivity index (χ1v) is 4.66. The number of nitriles is 1. The maximum Gasteiger partial charge on any atom is 0.166 e. The van der Waals surface area contributed by atoms with Crippen molar-refractivity contribution in [2.24, 2.45) is 0 Å². The number of nitrogens with zero attached hydrogens (tertiary/aromatic N) is 1. The zero-order valence-electron chi connectivity index (χ0n) is 7.86. The highest BCUT2D eigenvalue weighted by molar-refractivity contribution is 5.37. The molecule has 0 heterocycles. The predicted molar refractivity (Wildman–Crippen MR) is 47.5 cm³/mol. The minimum atomic E-state index is -1.23. The first kappa shape index (κ1) is 10.0. The summed E-state index contributed by atoms with van der Waals surface area (Å²) in [6.45, 7) is 0. The van der Waals surface area contributed by atoms with E-state index in [-0.39, 0.29) is 0 Å². The lowest BCUT2D eigenvalue weighted by molar-refractivity contribution is 0.296. The average Bonchev–Trinajstić information content (AvgIpc) is 2.16. The van der Waals surface area contributed by atoms with Crippen molar-refractivity contribution in [3.05, 3.63) is 35.1 Å². The molecule has 0 N–H and O–H groups in total. The van der Waals surface area contributed by atoms with Crippen molar-refractivity contribution in [1.82, 2.24) is 0 Å². The van der Waals surface area contributed by atoms with E-state index in [4.69, 9.17) is 5.26 Å². The van der Waals surface area contributed by atoms with Gasteiger partial charge in [-0.05, 0) is 31.4 Å². The molecule has 0 bridgehead atoms. The standard InChI is InChI=1S/C11H8F3N/c12-7-2-3-8(13)10(14)9(7)11(6-15)4-1-5-11/h2-3H,1,4-5H2. The number of hydrogen-bond acceptors (Lipinski definition) is 1. The van der Waals surface area contributed by atoms with Gasteiger partial charge >= 0.3 is 0 Å². The lowest BCUT2D eigenvalue weighted by Gasteiger charge is -2.35. The van der Waals surface area contributed by atoms with Crippen molar-refractivity contribution < 1.29 is 13.2 Å². The maximum absolute atomic E-state index is 13.4. The van der Waals surface area contributed by atoms with Gasteiger partial charge < -0.3 is 0 Å². The van der Waals surface area contributed by atoms with E-state index in [2.05, 4.69) is 0 Å². The van der Waals surface area contributed by atoms with E-state index in [1.807, 2.05) is 6.07 Å². The smallest absolute Gasteiger partial charge is 0.166 e. The third-order valence-corrected chi connectivity index (χ3v) is 2.94. The van der Waals surface area contributed by atoms with Crippen LogP contribution in [0.4, 0.5) is 13.2 Å². The summed E-state index contributed by atoms with van der Waals surface area (Å²) in [5, 5.41) is 8.92. The number of hydrogen-bond donors (Lipinski definition) is 0. The van der Waals surface area contributed by atoms with E-state index < -0.39 is 28.4 Å². The quantitative estimate of drug-likeness (QED) is 0.655. The fourth-order valence-corrected chi connectivity index (χ4v) is 1.91. The molecule has 1 aliphatic carbocycles. The summed E-state index contributed by atoms with van der Waals surface area (Å²) in [5.41, 5.74) is -1.56. The molecule has 0 radical (unpaired) electrons. The van der Waals surface area contributed by atoms with Crippen LogP contribution in [0.25, 0.3) is 0 Å². The minimum absolute atomic E-state index is 0.390. The van der Waals surface area contributed by atoms with Gasteiger partial charge in [0.25, 0.3) is 0 Å². The van der Waals surface area contributed by atoms with Gasteiger partial charge in [0.05, 0.1) is 11.5 Å². The largest absolute Gasteiger partial charge is 0.207 e. The first-order chi connectivity index (χ1) is 7.10. The van der Waals surface area contributed by atoms with Gasteiger partial charge in [-0.25, -0.2) is 13.2 Å². The number of halogens is 3. The zero-order valence-corrected chi connectivity index (χ0v) is 7.86. The summed E-state index contributed by atoms with van der Waals surface area (Å²) in [6, 6.07) is 3.49. The molecule has 1 aliphatic rings. The van der Waals surface area contributed by atoms with Gasteiger partial charge in [-0.3, -0.25) is 0 Å². The van der Waals surface area contributed by atoms with Gasteiger partial charge in [0, 0.05) is 5.56 Å². The monoisotopic (exact) mass is 211 g/mol. The van der Waals surface area contributed by atoms with E-state index >= 15 is 0 Å². The average molecular weight is 211 g/mol. The summed E-state index contributed by atoms with van der Waals surface area (Å²) in [4.78, 5) is 0. The van der Waals surface area contributed by atoms with E-state index in [0.717, 1.165) is 18.6 Å². The topological polar surface area (TPSA) is 23.8 Å². The Kier molecular flexibility index (Phi) is 2.18. The highest BCUT2D eigenvalue weighted by Gasteiger charge is 2.43. The van der Waals surface area contributed by atoms with E-state index in [1.165, 1.54) is 0 Å². The lowest BCUT2D eigenvalue weighted by atomic mass is 9.65. The minimum Gasteiger partial charge on any atom is -0.207 e. The lowest BCUT2D eigenvalue weighted by Crippen LogP contribution is -2.34. The van der Waals surface area contributed by atoms with Crippen LogP contribution in [0.3, 0.4) is 0 Å². The Morgan fingerprint density at radius 2 is 1.73 bits per heavy atom. The molecule has 0 amide bonds. The third-order valence-electron chi connectivity index (χ3n) is 2.94. The van der Waals surface area contributed by atoms with Crippen molar-refractivity contribution in [2.75, 3.05) is 0 Å². The van der Waals surface area contributed by atoms with Crippen LogP contribution in [0, 0.1) is 28.8 Å². The molecule has 1 aromatic rings. The zero-order chi connectivity index (χ0) is 11.1.